The Morgan fingerprint density at radius 3 is 2.76 bits per heavy atom. The first-order valence-electron chi connectivity index (χ1n) is 5.69. The molecule has 0 radical (unpaired) electrons. The van der Waals surface area contributed by atoms with Gasteiger partial charge in [0.1, 0.15) is 5.78 Å². The van der Waals surface area contributed by atoms with Gasteiger partial charge in [-0.25, -0.2) is 0 Å². The molecule has 0 bridgehead atoms. The van der Waals surface area contributed by atoms with Gasteiger partial charge >= 0.3 is 0 Å². The lowest BCUT2D eigenvalue weighted by Crippen LogP contribution is -2.07. The molecule has 3 heteroatoms. The van der Waals surface area contributed by atoms with E-state index in [2.05, 4.69) is 11.2 Å². The van der Waals surface area contributed by atoms with Crippen LogP contribution < -0.4 is 0 Å². The van der Waals surface area contributed by atoms with Gasteiger partial charge in [0.05, 0.1) is 12.1 Å². The highest BCUT2D eigenvalue weighted by Gasteiger charge is 2.07. The summed E-state index contributed by atoms with van der Waals surface area (Å²) in [6.07, 6.45) is 2.75. The van der Waals surface area contributed by atoms with Gasteiger partial charge in [0.2, 0.25) is 0 Å². The van der Waals surface area contributed by atoms with Gasteiger partial charge in [-0.2, -0.15) is 5.10 Å². The van der Waals surface area contributed by atoms with Crippen LogP contribution in [0.4, 0.5) is 0 Å². The monoisotopic (exact) mass is 228 g/mol. The first-order chi connectivity index (χ1) is 8.13. The summed E-state index contributed by atoms with van der Waals surface area (Å²) in [5.74, 6) is 0.203. The molecule has 0 saturated heterocycles. The summed E-state index contributed by atoms with van der Waals surface area (Å²) < 4.78 is 1.72. The van der Waals surface area contributed by atoms with Crippen LogP contribution in [0.5, 0.6) is 0 Å². The second kappa shape index (κ2) is 4.95. The highest BCUT2D eigenvalue weighted by Crippen LogP contribution is 2.07. The number of aromatic nitrogens is 2. The number of carbonyl (C=O) groups is 1. The van der Waals surface area contributed by atoms with Crippen molar-refractivity contribution in [2.24, 2.45) is 7.05 Å². The summed E-state index contributed by atoms with van der Waals surface area (Å²) in [7, 11) is 1.86. The smallest absolute Gasteiger partial charge is 0.143 e. The molecule has 1 aromatic heterocycles. The van der Waals surface area contributed by atoms with Crippen molar-refractivity contribution in [3.63, 3.8) is 0 Å². The molecule has 1 aromatic carbocycles. The van der Waals surface area contributed by atoms with E-state index in [0.29, 0.717) is 12.8 Å². The third-order valence-electron chi connectivity index (χ3n) is 2.63. The van der Waals surface area contributed by atoms with Crippen molar-refractivity contribution >= 4 is 5.78 Å². The molecule has 17 heavy (non-hydrogen) atoms. The number of ketones is 1. The molecule has 0 amide bonds. The van der Waals surface area contributed by atoms with E-state index in [1.807, 2.05) is 44.4 Å². The zero-order chi connectivity index (χ0) is 12.3. The molecular formula is C14H16N2O. The second-order valence-electron chi connectivity index (χ2n) is 4.36. The number of hydrogen-bond acceptors (Lipinski definition) is 2. The van der Waals surface area contributed by atoms with Gasteiger partial charge < -0.3 is 0 Å². The zero-order valence-corrected chi connectivity index (χ0v) is 10.2. The molecule has 3 nitrogen and oxygen atoms in total. The van der Waals surface area contributed by atoms with Crippen LogP contribution in [0.2, 0.25) is 0 Å². The van der Waals surface area contributed by atoms with Crippen LogP contribution in [0.25, 0.3) is 0 Å². The van der Waals surface area contributed by atoms with Crippen molar-refractivity contribution in [1.82, 2.24) is 9.78 Å². The van der Waals surface area contributed by atoms with Gasteiger partial charge in [-0.3, -0.25) is 9.48 Å². The third kappa shape index (κ3) is 3.28. The van der Waals surface area contributed by atoms with Crippen LogP contribution in [-0.2, 0) is 24.7 Å². The van der Waals surface area contributed by atoms with E-state index in [1.54, 1.807) is 4.68 Å². The lowest BCUT2D eigenvalue weighted by atomic mass is 10.0. The predicted molar refractivity (Wildman–Crippen MR) is 66.8 cm³/mol. The fraction of sp³-hybridized carbons (Fsp3) is 0.286. The van der Waals surface area contributed by atoms with E-state index in [-0.39, 0.29) is 5.78 Å². The molecule has 2 aromatic rings. The standard InChI is InChI=1S/C14H16N2O/c1-11-4-3-5-12(8-11)9-14(17)10-13-6-7-16(2)15-13/h3-8H,9-10H2,1-2H3. The summed E-state index contributed by atoms with van der Waals surface area (Å²) in [5.41, 5.74) is 3.10. The maximum atomic E-state index is 11.9. The Hall–Kier alpha value is -1.90. The summed E-state index contributed by atoms with van der Waals surface area (Å²) >= 11 is 0. The molecule has 0 saturated carbocycles. The van der Waals surface area contributed by atoms with Gasteiger partial charge in [-0.1, -0.05) is 29.8 Å². The van der Waals surface area contributed by atoms with Crippen molar-refractivity contribution < 1.29 is 4.79 Å². The van der Waals surface area contributed by atoms with Crippen molar-refractivity contribution in [3.8, 4) is 0 Å². The van der Waals surface area contributed by atoms with E-state index in [1.165, 1.54) is 5.56 Å². The first kappa shape index (κ1) is 11.6. The Kier molecular flexibility index (Phi) is 3.38. The minimum atomic E-state index is 0.203. The second-order valence-corrected chi connectivity index (χ2v) is 4.36. The maximum absolute atomic E-state index is 11.9. The first-order valence-corrected chi connectivity index (χ1v) is 5.69. The Labute approximate surface area is 101 Å². The number of aryl methyl sites for hydroxylation is 2. The number of Topliss-reactive ketones (excluding diaryl/α,β-unsaturated/α-hetero) is 1. The topological polar surface area (TPSA) is 34.9 Å². The van der Waals surface area contributed by atoms with Gasteiger partial charge in [-0.15, -0.1) is 0 Å². The van der Waals surface area contributed by atoms with Crippen LogP contribution in [0, 0.1) is 6.92 Å². The number of hydrogen-bond donors (Lipinski definition) is 0. The van der Waals surface area contributed by atoms with E-state index in [4.69, 9.17) is 0 Å². The average molecular weight is 228 g/mol. The van der Waals surface area contributed by atoms with Crippen LogP contribution in [0.15, 0.2) is 36.5 Å². The normalized spacial score (nSPS) is 10.5. The Morgan fingerprint density at radius 1 is 1.29 bits per heavy atom. The highest BCUT2D eigenvalue weighted by molar-refractivity contribution is 5.82. The molecule has 0 unspecified atom stereocenters. The molecule has 0 aliphatic rings. The minimum Gasteiger partial charge on any atom is -0.299 e. The van der Waals surface area contributed by atoms with E-state index in [9.17, 15) is 4.79 Å². The maximum Gasteiger partial charge on any atom is 0.143 e. The van der Waals surface area contributed by atoms with Crippen molar-refractivity contribution in [3.05, 3.63) is 53.3 Å². The summed E-state index contributed by atoms with van der Waals surface area (Å²) in [5, 5.41) is 4.21. The Bertz CT molecular complexity index is 529. The zero-order valence-electron chi connectivity index (χ0n) is 10.2. The lowest BCUT2D eigenvalue weighted by Gasteiger charge is -2.01. The van der Waals surface area contributed by atoms with E-state index < -0.39 is 0 Å². The van der Waals surface area contributed by atoms with E-state index in [0.717, 1.165) is 11.3 Å². The minimum absolute atomic E-state index is 0.203. The Balaban J connectivity index is 1.98. The van der Waals surface area contributed by atoms with Crippen molar-refractivity contribution in [2.75, 3.05) is 0 Å². The van der Waals surface area contributed by atoms with Gasteiger partial charge in [0, 0.05) is 19.7 Å². The number of rotatable bonds is 4. The molecular weight excluding hydrogens is 212 g/mol. The molecule has 0 N–H and O–H groups in total. The van der Waals surface area contributed by atoms with Gasteiger partial charge in [0.15, 0.2) is 0 Å². The molecule has 0 spiro atoms. The van der Waals surface area contributed by atoms with E-state index >= 15 is 0 Å². The average Bonchev–Trinajstić information content (AvgIpc) is 2.63. The largest absolute Gasteiger partial charge is 0.299 e. The third-order valence-corrected chi connectivity index (χ3v) is 2.63. The SMILES string of the molecule is Cc1cccc(CC(=O)Cc2ccn(C)n2)c1. The highest BCUT2D eigenvalue weighted by atomic mass is 16.1. The van der Waals surface area contributed by atoms with Crippen LogP contribution in [0.1, 0.15) is 16.8 Å². The number of benzene rings is 1. The van der Waals surface area contributed by atoms with Gasteiger partial charge in [-0.05, 0) is 18.6 Å². The van der Waals surface area contributed by atoms with Gasteiger partial charge in [0.25, 0.3) is 0 Å². The molecule has 0 fully saturated rings. The Morgan fingerprint density at radius 2 is 2.12 bits per heavy atom. The molecule has 1 heterocycles. The van der Waals surface area contributed by atoms with Crippen LogP contribution in [0.3, 0.4) is 0 Å². The molecule has 0 aliphatic heterocycles. The summed E-state index contributed by atoms with van der Waals surface area (Å²) in [6, 6.07) is 9.94. The lowest BCUT2D eigenvalue weighted by molar-refractivity contribution is -0.117. The number of nitrogens with zero attached hydrogens (tertiary/aromatic N) is 2. The predicted octanol–water partition coefficient (Wildman–Crippen LogP) is 2.08. The number of carbonyl (C=O) groups excluding carboxylic acids is 1. The van der Waals surface area contributed by atoms with Crippen LogP contribution >= 0.6 is 0 Å². The summed E-state index contributed by atoms with van der Waals surface area (Å²) in [6.45, 7) is 2.03. The quantitative estimate of drug-likeness (QED) is 0.803. The fourth-order valence-corrected chi connectivity index (χ4v) is 1.87. The molecule has 0 atom stereocenters. The summed E-state index contributed by atoms with van der Waals surface area (Å²) in [4.78, 5) is 11.9. The molecule has 88 valence electrons. The van der Waals surface area contributed by atoms with Crippen molar-refractivity contribution in [2.45, 2.75) is 19.8 Å². The van der Waals surface area contributed by atoms with Crippen LogP contribution in [-0.4, -0.2) is 15.6 Å². The molecule has 2 rings (SSSR count). The molecule has 0 aliphatic carbocycles. The fourth-order valence-electron chi connectivity index (χ4n) is 1.87. The van der Waals surface area contributed by atoms with Crippen molar-refractivity contribution in [1.29, 1.82) is 0 Å².